The molecule has 0 amide bonds. The molecule has 0 aliphatic heterocycles. The van der Waals surface area contributed by atoms with Gasteiger partial charge < -0.3 is 5.11 Å². The van der Waals surface area contributed by atoms with Crippen molar-refractivity contribution in [3.8, 4) is 0 Å². The summed E-state index contributed by atoms with van der Waals surface area (Å²) in [6, 6.07) is 2.42. The fourth-order valence-corrected chi connectivity index (χ4v) is 3.89. The van der Waals surface area contributed by atoms with E-state index in [-0.39, 0.29) is 33.5 Å². The van der Waals surface area contributed by atoms with Gasteiger partial charge in [0.2, 0.25) is 10.0 Å². The monoisotopic (exact) mass is 339 g/mol. The van der Waals surface area contributed by atoms with E-state index in [9.17, 15) is 8.42 Å². The highest BCUT2D eigenvalue weighted by Gasteiger charge is 2.24. The van der Waals surface area contributed by atoms with Crippen LogP contribution in [0.2, 0.25) is 10.0 Å². The summed E-state index contributed by atoms with van der Waals surface area (Å²) in [5, 5.41) is 9.44. The molecule has 0 bridgehead atoms. The first-order valence-electron chi connectivity index (χ1n) is 6.34. The number of aliphatic hydroxyl groups excluding tert-OH is 1. The van der Waals surface area contributed by atoms with Crippen LogP contribution >= 0.6 is 23.2 Å². The molecule has 2 atom stereocenters. The molecule has 2 N–H and O–H groups in total. The molecule has 1 rings (SSSR count). The van der Waals surface area contributed by atoms with Crippen molar-refractivity contribution in [2.24, 2.45) is 5.92 Å². The Bertz CT molecular complexity index is 575. The Balaban J connectivity index is 3.16. The second-order valence-corrected chi connectivity index (χ2v) is 7.32. The number of sulfonamides is 1. The van der Waals surface area contributed by atoms with E-state index in [1.165, 1.54) is 12.1 Å². The highest BCUT2D eigenvalue weighted by molar-refractivity contribution is 7.89. The van der Waals surface area contributed by atoms with Gasteiger partial charge >= 0.3 is 0 Å². The van der Waals surface area contributed by atoms with Crippen LogP contribution in [0.3, 0.4) is 0 Å². The van der Waals surface area contributed by atoms with Crippen molar-refractivity contribution in [3.63, 3.8) is 0 Å². The van der Waals surface area contributed by atoms with Gasteiger partial charge in [0.05, 0.1) is 11.6 Å². The molecule has 1 aromatic carbocycles. The summed E-state index contributed by atoms with van der Waals surface area (Å²) in [5.41, 5.74) is 0.327. The van der Waals surface area contributed by atoms with Crippen molar-refractivity contribution in [2.45, 2.75) is 44.7 Å². The fourth-order valence-electron chi connectivity index (χ4n) is 1.68. The third kappa shape index (κ3) is 4.09. The van der Waals surface area contributed by atoms with Crippen LogP contribution in [-0.4, -0.2) is 19.6 Å². The Labute approximate surface area is 130 Å². The molecule has 0 spiro atoms. The van der Waals surface area contributed by atoms with Gasteiger partial charge in [-0.2, -0.15) is 0 Å². The Morgan fingerprint density at radius 3 is 2.35 bits per heavy atom. The van der Waals surface area contributed by atoms with Gasteiger partial charge in [-0.05, 0) is 30.5 Å². The number of nitrogens with one attached hydrogen (secondary N) is 1. The molecule has 1 aromatic rings. The molecule has 0 aromatic heterocycles. The Morgan fingerprint density at radius 1 is 1.25 bits per heavy atom. The van der Waals surface area contributed by atoms with E-state index in [1.807, 2.05) is 20.8 Å². The van der Waals surface area contributed by atoms with Crippen LogP contribution in [0, 0.1) is 5.92 Å². The molecule has 20 heavy (non-hydrogen) atoms. The molecule has 0 fully saturated rings. The van der Waals surface area contributed by atoms with E-state index in [0.717, 1.165) is 6.42 Å². The average Bonchev–Trinajstić information content (AvgIpc) is 2.36. The van der Waals surface area contributed by atoms with Crippen LogP contribution in [0.25, 0.3) is 0 Å². The predicted octanol–water partition coefficient (Wildman–Crippen LogP) is 3.20. The normalized spacial score (nSPS) is 15.1. The zero-order chi connectivity index (χ0) is 15.5. The number of aliphatic hydroxyl groups is 1. The first kappa shape index (κ1) is 17.7. The third-order valence-corrected chi connectivity index (χ3v) is 5.77. The minimum Gasteiger partial charge on any atom is -0.392 e. The minimum atomic E-state index is -3.75. The average molecular weight is 340 g/mol. The lowest BCUT2D eigenvalue weighted by atomic mass is 10.0. The summed E-state index contributed by atoms with van der Waals surface area (Å²) in [7, 11) is -3.75. The summed E-state index contributed by atoms with van der Waals surface area (Å²) in [5.74, 6) is 0.202. The zero-order valence-electron chi connectivity index (χ0n) is 11.7. The molecule has 0 aliphatic carbocycles. The number of hydrogen-bond acceptors (Lipinski definition) is 3. The number of benzene rings is 1. The Morgan fingerprint density at radius 2 is 1.85 bits per heavy atom. The maximum Gasteiger partial charge on any atom is 0.242 e. The van der Waals surface area contributed by atoms with Crippen molar-refractivity contribution in [1.82, 2.24) is 4.72 Å². The molecule has 0 aliphatic rings. The maximum absolute atomic E-state index is 12.3. The largest absolute Gasteiger partial charge is 0.392 e. The van der Waals surface area contributed by atoms with Crippen LogP contribution in [0.15, 0.2) is 17.0 Å². The van der Waals surface area contributed by atoms with E-state index in [0.29, 0.717) is 5.56 Å². The molecule has 0 saturated heterocycles. The molecule has 114 valence electrons. The van der Waals surface area contributed by atoms with Gasteiger partial charge in [0.15, 0.2) is 0 Å². The van der Waals surface area contributed by atoms with Gasteiger partial charge in [-0.1, -0.05) is 43.5 Å². The molecular weight excluding hydrogens is 321 g/mol. The second-order valence-electron chi connectivity index (χ2n) is 4.83. The lowest BCUT2D eigenvalue weighted by Crippen LogP contribution is -2.37. The highest BCUT2D eigenvalue weighted by atomic mass is 35.5. The van der Waals surface area contributed by atoms with Crippen LogP contribution in [0.4, 0.5) is 0 Å². The zero-order valence-corrected chi connectivity index (χ0v) is 14.0. The van der Waals surface area contributed by atoms with E-state index in [4.69, 9.17) is 28.3 Å². The maximum atomic E-state index is 12.3. The molecule has 0 saturated carbocycles. The highest BCUT2D eigenvalue weighted by Crippen LogP contribution is 2.29. The summed E-state index contributed by atoms with van der Waals surface area (Å²) in [6.45, 7) is 5.42. The van der Waals surface area contributed by atoms with E-state index >= 15 is 0 Å². The van der Waals surface area contributed by atoms with E-state index < -0.39 is 10.0 Å². The van der Waals surface area contributed by atoms with E-state index in [1.54, 1.807) is 0 Å². The van der Waals surface area contributed by atoms with Crippen LogP contribution in [0.5, 0.6) is 0 Å². The quantitative estimate of drug-likeness (QED) is 0.836. The number of halogens is 2. The molecule has 7 heteroatoms. The van der Waals surface area contributed by atoms with Crippen molar-refractivity contribution < 1.29 is 13.5 Å². The topological polar surface area (TPSA) is 66.4 Å². The summed E-state index contributed by atoms with van der Waals surface area (Å²) >= 11 is 11.8. The van der Waals surface area contributed by atoms with Crippen molar-refractivity contribution in [2.75, 3.05) is 0 Å². The van der Waals surface area contributed by atoms with Gasteiger partial charge in [0, 0.05) is 11.1 Å². The Hall–Kier alpha value is -0.330. The first-order valence-corrected chi connectivity index (χ1v) is 8.58. The molecule has 2 unspecified atom stereocenters. The smallest absolute Gasteiger partial charge is 0.242 e. The second kappa shape index (κ2) is 7.09. The van der Waals surface area contributed by atoms with Crippen molar-refractivity contribution >= 4 is 33.2 Å². The lowest BCUT2D eigenvalue weighted by molar-refractivity contribution is 0.281. The van der Waals surface area contributed by atoms with Gasteiger partial charge in [-0.3, -0.25) is 0 Å². The molecule has 0 radical (unpaired) electrons. The predicted molar refractivity (Wildman–Crippen MR) is 81.6 cm³/mol. The first-order chi connectivity index (χ1) is 9.22. The minimum absolute atomic E-state index is 0.0380. The SMILES string of the molecule is CCC(C)C(C)NS(=O)(=O)c1cc(CO)c(Cl)cc1Cl. The summed E-state index contributed by atoms with van der Waals surface area (Å²) in [4.78, 5) is -0.0669. The van der Waals surface area contributed by atoms with Crippen LogP contribution in [0.1, 0.15) is 32.8 Å². The number of rotatable bonds is 6. The standard InChI is InChI=1S/C13H19Cl2NO3S/c1-4-8(2)9(3)16-20(18,19)13-5-10(7-17)11(14)6-12(13)15/h5-6,8-9,16-17H,4,7H2,1-3H3. The van der Waals surface area contributed by atoms with Gasteiger partial charge in [0.25, 0.3) is 0 Å². The summed E-state index contributed by atoms with van der Waals surface area (Å²) < 4.78 is 27.3. The van der Waals surface area contributed by atoms with E-state index in [2.05, 4.69) is 4.72 Å². The van der Waals surface area contributed by atoms with Gasteiger partial charge in [0.1, 0.15) is 4.90 Å². The van der Waals surface area contributed by atoms with Gasteiger partial charge in [-0.25, -0.2) is 13.1 Å². The lowest BCUT2D eigenvalue weighted by Gasteiger charge is -2.20. The van der Waals surface area contributed by atoms with Gasteiger partial charge in [-0.15, -0.1) is 0 Å². The molecular formula is C13H19Cl2NO3S. The van der Waals surface area contributed by atoms with Crippen molar-refractivity contribution in [1.29, 1.82) is 0 Å². The van der Waals surface area contributed by atoms with Crippen LogP contribution < -0.4 is 4.72 Å². The third-order valence-electron chi connectivity index (χ3n) is 3.40. The molecule has 4 nitrogen and oxygen atoms in total. The van der Waals surface area contributed by atoms with Crippen LogP contribution in [-0.2, 0) is 16.6 Å². The molecule has 0 heterocycles. The van der Waals surface area contributed by atoms with Crippen molar-refractivity contribution in [3.05, 3.63) is 27.7 Å². The summed E-state index contributed by atoms with van der Waals surface area (Å²) in [6.07, 6.45) is 0.861. The number of hydrogen-bond donors (Lipinski definition) is 2. The fraction of sp³-hybridized carbons (Fsp3) is 0.538. The Kier molecular flexibility index (Phi) is 6.28.